The number of para-hydroxylation sites is 1. The highest BCUT2D eigenvalue weighted by molar-refractivity contribution is 7.13. The third kappa shape index (κ3) is 3.04. The summed E-state index contributed by atoms with van der Waals surface area (Å²) in [7, 11) is 0. The van der Waals surface area contributed by atoms with Crippen LogP contribution in [0.3, 0.4) is 0 Å². The first kappa shape index (κ1) is 16.9. The van der Waals surface area contributed by atoms with Gasteiger partial charge in [0.05, 0.1) is 18.3 Å². The number of rotatable bonds is 3. The van der Waals surface area contributed by atoms with Gasteiger partial charge in [0.15, 0.2) is 5.75 Å². The number of ether oxygens (including phenoxy) is 1. The minimum Gasteiger partial charge on any atom is -0.477 e. The normalized spacial score (nSPS) is 15.6. The smallest absolute Gasteiger partial charge is 0.345 e. The van der Waals surface area contributed by atoms with Gasteiger partial charge < -0.3 is 14.7 Å². The molecule has 0 saturated carbocycles. The van der Waals surface area contributed by atoms with Gasteiger partial charge in [-0.15, -0.1) is 11.3 Å². The van der Waals surface area contributed by atoms with Crippen molar-refractivity contribution in [2.75, 3.05) is 4.90 Å². The van der Waals surface area contributed by atoms with Crippen molar-refractivity contribution in [2.45, 2.75) is 19.5 Å². The van der Waals surface area contributed by atoms with E-state index in [1.54, 1.807) is 6.07 Å². The maximum atomic E-state index is 11.2. The molecule has 4 rings (SSSR count). The second-order valence-electron chi connectivity index (χ2n) is 6.13. The quantitative estimate of drug-likeness (QED) is 0.603. The zero-order valence-corrected chi connectivity index (χ0v) is 15.6. The molecule has 0 aliphatic carbocycles. The van der Waals surface area contributed by atoms with E-state index in [1.165, 1.54) is 11.3 Å². The molecule has 2 aromatic carbocycles. The fourth-order valence-corrected chi connectivity index (χ4v) is 4.19. The summed E-state index contributed by atoms with van der Waals surface area (Å²) in [6.45, 7) is 2.69. The minimum absolute atomic E-state index is 0.0429. The Morgan fingerprint density at radius 1 is 1.19 bits per heavy atom. The monoisotopic (exact) mass is 385 g/mol. The summed E-state index contributed by atoms with van der Waals surface area (Å²) < 4.78 is 6.15. The second-order valence-corrected chi connectivity index (χ2v) is 7.73. The molecular formula is C20H16ClNO3S. The van der Waals surface area contributed by atoms with Crippen molar-refractivity contribution in [3.8, 4) is 11.5 Å². The van der Waals surface area contributed by atoms with Crippen LogP contribution in [0.1, 0.15) is 33.1 Å². The van der Waals surface area contributed by atoms with E-state index in [9.17, 15) is 9.90 Å². The summed E-state index contributed by atoms with van der Waals surface area (Å²) in [5.74, 6) is 0.659. The molecule has 1 unspecified atom stereocenters. The molecule has 3 aromatic rings. The lowest BCUT2D eigenvalue weighted by Gasteiger charge is -2.30. The molecule has 0 bridgehead atoms. The molecule has 0 saturated heterocycles. The zero-order chi connectivity index (χ0) is 18.3. The van der Waals surface area contributed by atoms with Crippen LogP contribution in [0.25, 0.3) is 0 Å². The summed E-state index contributed by atoms with van der Waals surface area (Å²) in [6.07, 6.45) is 0. The lowest BCUT2D eigenvalue weighted by molar-refractivity contribution is 0.0702. The fraction of sp³-hybridized carbons (Fsp3) is 0.150. The van der Waals surface area contributed by atoms with E-state index < -0.39 is 5.97 Å². The Labute approximate surface area is 160 Å². The number of halogens is 1. The van der Waals surface area contributed by atoms with Crippen LogP contribution in [0.15, 0.2) is 54.6 Å². The van der Waals surface area contributed by atoms with E-state index in [0.717, 1.165) is 27.6 Å². The summed E-state index contributed by atoms with van der Waals surface area (Å²) in [5, 5.41) is 9.82. The van der Waals surface area contributed by atoms with Gasteiger partial charge in [0, 0.05) is 15.5 Å². The van der Waals surface area contributed by atoms with Crippen molar-refractivity contribution in [1.29, 1.82) is 0 Å². The Balaban J connectivity index is 1.80. The zero-order valence-electron chi connectivity index (χ0n) is 14.0. The lowest BCUT2D eigenvalue weighted by Crippen LogP contribution is -2.25. The molecule has 1 aliphatic rings. The maximum Gasteiger partial charge on any atom is 0.345 e. The number of hydrogen-bond donors (Lipinski definition) is 1. The molecule has 0 fully saturated rings. The predicted molar refractivity (Wildman–Crippen MR) is 104 cm³/mol. The molecule has 4 nitrogen and oxygen atoms in total. The van der Waals surface area contributed by atoms with E-state index in [4.69, 9.17) is 16.3 Å². The average molecular weight is 386 g/mol. The number of anilines is 1. The van der Waals surface area contributed by atoms with Gasteiger partial charge in [-0.2, -0.15) is 0 Å². The third-order valence-electron chi connectivity index (χ3n) is 4.49. The van der Waals surface area contributed by atoms with Crippen molar-refractivity contribution in [3.63, 3.8) is 0 Å². The molecule has 1 aromatic heterocycles. The fourth-order valence-electron chi connectivity index (χ4n) is 3.18. The van der Waals surface area contributed by atoms with Gasteiger partial charge in [0.1, 0.15) is 10.6 Å². The number of carbonyl (C=O) groups is 1. The van der Waals surface area contributed by atoms with Gasteiger partial charge in [0.2, 0.25) is 0 Å². The van der Waals surface area contributed by atoms with Crippen molar-refractivity contribution in [1.82, 2.24) is 0 Å². The molecular weight excluding hydrogens is 370 g/mol. The van der Waals surface area contributed by atoms with Gasteiger partial charge in [-0.25, -0.2) is 4.79 Å². The van der Waals surface area contributed by atoms with Crippen LogP contribution in [0, 0.1) is 0 Å². The molecule has 26 heavy (non-hydrogen) atoms. The molecule has 2 heterocycles. The van der Waals surface area contributed by atoms with Crippen molar-refractivity contribution in [3.05, 3.63) is 74.9 Å². The molecule has 0 spiro atoms. The van der Waals surface area contributed by atoms with Crippen LogP contribution in [0.5, 0.6) is 11.5 Å². The molecule has 132 valence electrons. The SMILES string of the molecule is CC1c2ccccc2Oc2ccc(Cl)cc2N1Cc1ccc(C(=O)O)s1. The largest absolute Gasteiger partial charge is 0.477 e. The summed E-state index contributed by atoms with van der Waals surface area (Å²) in [4.78, 5) is 14.7. The Hall–Kier alpha value is -2.50. The molecule has 6 heteroatoms. The van der Waals surface area contributed by atoms with E-state index in [1.807, 2.05) is 42.5 Å². The number of nitrogens with zero attached hydrogens (tertiary/aromatic N) is 1. The Kier molecular flexibility index (Phi) is 4.34. The Morgan fingerprint density at radius 2 is 2.00 bits per heavy atom. The van der Waals surface area contributed by atoms with Gasteiger partial charge in [0.25, 0.3) is 0 Å². The maximum absolute atomic E-state index is 11.2. The number of carboxylic acid groups (broad SMARTS) is 1. The van der Waals surface area contributed by atoms with Crippen LogP contribution in [0.2, 0.25) is 5.02 Å². The van der Waals surface area contributed by atoms with Crippen molar-refractivity contribution < 1.29 is 14.6 Å². The number of aromatic carboxylic acids is 1. The van der Waals surface area contributed by atoms with Gasteiger partial charge >= 0.3 is 5.97 Å². The van der Waals surface area contributed by atoms with Crippen molar-refractivity contribution >= 4 is 34.6 Å². The molecule has 1 aliphatic heterocycles. The van der Waals surface area contributed by atoms with Gasteiger partial charge in [-0.05, 0) is 43.3 Å². The average Bonchev–Trinajstić information content (AvgIpc) is 3.06. The topological polar surface area (TPSA) is 49.8 Å². The lowest BCUT2D eigenvalue weighted by atomic mass is 10.1. The van der Waals surface area contributed by atoms with E-state index in [-0.39, 0.29) is 6.04 Å². The van der Waals surface area contributed by atoms with E-state index >= 15 is 0 Å². The van der Waals surface area contributed by atoms with E-state index in [0.29, 0.717) is 16.4 Å². The number of fused-ring (bicyclic) bond motifs is 2. The van der Waals surface area contributed by atoms with Gasteiger partial charge in [-0.1, -0.05) is 29.8 Å². The highest BCUT2D eigenvalue weighted by atomic mass is 35.5. The first-order chi connectivity index (χ1) is 12.5. The van der Waals surface area contributed by atoms with Crippen LogP contribution in [-0.2, 0) is 6.54 Å². The first-order valence-corrected chi connectivity index (χ1v) is 9.37. The van der Waals surface area contributed by atoms with Crippen LogP contribution in [0.4, 0.5) is 5.69 Å². The summed E-state index contributed by atoms with van der Waals surface area (Å²) >= 11 is 7.53. The number of thiophene rings is 1. The first-order valence-electron chi connectivity index (χ1n) is 8.18. The summed E-state index contributed by atoms with van der Waals surface area (Å²) in [6, 6.07) is 17.1. The molecule has 0 radical (unpaired) electrons. The molecule has 0 amide bonds. The highest BCUT2D eigenvalue weighted by Gasteiger charge is 2.27. The molecule has 1 atom stereocenters. The van der Waals surface area contributed by atoms with E-state index in [2.05, 4.69) is 17.9 Å². The van der Waals surface area contributed by atoms with Gasteiger partial charge in [-0.3, -0.25) is 0 Å². The van der Waals surface area contributed by atoms with Crippen molar-refractivity contribution in [2.24, 2.45) is 0 Å². The Bertz CT molecular complexity index is 985. The number of hydrogen-bond acceptors (Lipinski definition) is 4. The molecule has 1 N–H and O–H groups in total. The Morgan fingerprint density at radius 3 is 2.77 bits per heavy atom. The third-order valence-corrected chi connectivity index (χ3v) is 5.78. The van der Waals surface area contributed by atoms with Crippen LogP contribution >= 0.6 is 22.9 Å². The number of carboxylic acids is 1. The van der Waals surface area contributed by atoms with Crippen LogP contribution < -0.4 is 9.64 Å². The highest BCUT2D eigenvalue weighted by Crippen LogP contribution is 2.45. The van der Waals surface area contributed by atoms with Crippen LogP contribution in [-0.4, -0.2) is 11.1 Å². The summed E-state index contributed by atoms with van der Waals surface area (Å²) in [5.41, 5.74) is 1.97. The standard InChI is InChI=1S/C20H16ClNO3S/c1-12-15-4-2-3-5-17(15)25-18-8-6-13(21)10-16(18)22(12)11-14-7-9-19(26-14)20(23)24/h2-10,12H,11H2,1H3,(H,23,24). The second kappa shape index (κ2) is 6.67. The predicted octanol–water partition coefficient (Wildman–Crippen LogP) is 5.97. The number of benzene rings is 2. The minimum atomic E-state index is -0.901.